The molecule has 0 spiro atoms. The predicted octanol–water partition coefficient (Wildman–Crippen LogP) is -1.09. The van der Waals surface area contributed by atoms with Gasteiger partial charge in [-0.3, -0.25) is 14.6 Å². The van der Waals surface area contributed by atoms with Gasteiger partial charge in [-0.15, -0.1) is 0 Å². The lowest BCUT2D eigenvalue weighted by Gasteiger charge is -2.07. The summed E-state index contributed by atoms with van der Waals surface area (Å²) in [4.78, 5) is 27.3. The monoisotopic (exact) mass is 333 g/mol. The van der Waals surface area contributed by atoms with Crippen molar-refractivity contribution in [1.29, 1.82) is 0 Å². The Balaban J connectivity index is 0.00000264. The second-order valence-electron chi connectivity index (χ2n) is 4.88. The van der Waals surface area contributed by atoms with Crippen LogP contribution in [-0.2, 0) is 16.0 Å². The van der Waals surface area contributed by atoms with E-state index < -0.39 is 0 Å². The van der Waals surface area contributed by atoms with Crippen LogP contribution >= 0.6 is 0 Å². The number of benzene rings is 1. The van der Waals surface area contributed by atoms with Crippen molar-refractivity contribution < 1.29 is 26.7 Å². The van der Waals surface area contributed by atoms with E-state index in [0.29, 0.717) is 5.56 Å². The van der Waals surface area contributed by atoms with Crippen LogP contribution in [0.2, 0.25) is 0 Å². The van der Waals surface area contributed by atoms with Crippen LogP contribution in [0.5, 0.6) is 0 Å². The van der Waals surface area contributed by atoms with Gasteiger partial charge in [-0.2, -0.15) is 0 Å². The number of esters is 1. The highest BCUT2D eigenvalue weighted by Gasteiger charge is 2.06. The molecule has 0 atom stereocenters. The number of pyridine rings is 1. The molecule has 0 aliphatic heterocycles. The SMILES string of the molecule is Cc1ccc(CC(=O)OCCNC(=O)c2cccnc2)cc1.[Cl-]. The average molecular weight is 334 g/mol. The maximum absolute atomic E-state index is 11.7. The number of rotatable bonds is 6. The van der Waals surface area contributed by atoms with E-state index in [4.69, 9.17) is 4.74 Å². The Hall–Kier alpha value is -2.40. The largest absolute Gasteiger partial charge is 1.00 e. The molecular weight excluding hydrogens is 316 g/mol. The van der Waals surface area contributed by atoms with Gasteiger partial charge in [0.15, 0.2) is 0 Å². The molecule has 0 saturated carbocycles. The molecule has 0 bridgehead atoms. The number of nitrogens with one attached hydrogen (secondary N) is 1. The maximum atomic E-state index is 11.7. The third-order valence-corrected chi connectivity index (χ3v) is 3.04. The highest BCUT2D eigenvalue weighted by molar-refractivity contribution is 5.93. The van der Waals surface area contributed by atoms with Crippen molar-refractivity contribution in [2.45, 2.75) is 13.3 Å². The van der Waals surface area contributed by atoms with Crippen LogP contribution in [0.4, 0.5) is 0 Å². The summed E-state index contributed by atoms with van der Waals surface area (Å²) in [5, 5.41) is 2.67. The van der Waals surface area contributed by atoms with Crippen LogP contribution in [-0.4, -0.2) is 30.0 Å². The van der Waals surface area contributed by atoms with Gasteiger partial charge in [0.1, 0.15) is 6.61 Å². The molecule has 1 aromatic heterocycles. The Morgan fingerprint density at radius 1 is 1.17 bits per heavy atom. The molecule has 1 heterocycles. The summed E-state index contributed by atoms with van der Waals surface area (Å²) < 4.78 is 5.09. The van der Waals surface area contributed by atoms with Gasteiger partial charge in [-0.05, 0) is 24.6 Å². The Kier molecular flexibility index (Phi) is 7.77. The number of aromatic nitrogens is 1. The lowest BCUT2D eigenvalue weighted by Crippen LogP contribution is -3.00. The molecule has 5 nitrogen and oxygen atoms in total. The molecule has 1 N–H and O–H groups in total. The third kappa shape index (κ3) is 6.48. The topological polar surface area (TPSA) is 68.3 Å². The third-order valence-electron chi connectivity index (χ3n) is 3.04. The maximum Gasteiger partial charge on any atom is 0.310 e. The fraction of sp³-hybridized carbons (Fsp3) is 0.235. The number of carbonyl (C=O) groups is 2. The number of nitrogens with zero attached hydrogens (tertiary/aromatic N) is 1. The number of halogens is 1. The van der Waals surface area contributed by atoms with E-state index in [1.807, 2.05) is 31.2 Å². The summed E-state index contributed by atoms with van der Waals surface area (Å²) in [5.41, 5.74) is 2.54. The molecule has 0 fully saturated rings. The summed E-state index contributed by atoms with van der Waals surface area (Å²) >= 11 is 0. The first-order chi connectivity index (χ1) is 10.6. The molecular formula is C17H18ClN2O3-. The molecule has 1 aromatic carbocycles. The zero-order valence-corrected chi connectivity index (χ0v) is 13.5. The van der Waals surface area contributed by atoms with Gasteiger partial charge in [-0.25, -0.2) is 0 Å². The van der Waals surface area contributed by atoms with Crippen molar-refractivity contribution in [3.05, 3.63) is 65.5 Å². The van der Waals surface area contributed by atoms with Crippen molar-refractivity contribution in [3.8, 4) is 0 Å². The minimum Gasteiger partial charge on any atom is -1.00 e. The minimum atomic E-state index is -0.306. The molecule has 0 unspecified atom stereocenters. The zero-order valence-electron chi connectivity index (χ0n) is 12.8. The van der Waals surface area contributed by atoms with Crippen molar-refractivity contribution in [2.75, 3.05) is 13.2 Å². The second kappa shape index (κ2) is 9.58. The van der Waals surface area contributed by atoms with Crippen LogP contribution in [0.1, 0.15) is 21.5 Å². The predicted molar refractivity (Wildman–Crippen MR) is 82.4 cm³/mol. The standard InChI is InChI=1S/C17H18N2O3.ClH/c1-13-4-6-14(7-5-13)11-16(20)22-10-9-19-17(21)15-3-2-8-18-12-15;/h2-8,12H,9-11H2,1H3,(H,19,21);1H/p-1. The van der Waals surface area contributed by atoms with Crippen LogP contribution < -0.4 is 17.7 Å². The van der Waals surface area contributed by atoms with Crippen molar-refractivity contribution in [2.24, 2.45) is 0 Å². The zero-order chi connectivity index (χ0) is 15.8. The van der Waals surface area contributed by atoms with Gasteiger partial charge in [-0.1, -0.05) is 29.8 Å². The van der Waals surface area contributed by atoms with Crippen LogP contribution in [0, 0.1) is 6.92 Å². The van der Waals surface area contributed by atoms with Crippen LogP contribution in [0.15, 0.2) is 48.8 Å². The first-order valence-electron chi connectivity index (χ1n) is 7.04. The summed E-state index contributed by atoms with van der Waals surface area (Å²) in [6, 6.07) is 11.1. The molecule has 2 rings (SSSR count). The average Bonchev–Trinajstić information content (AvgIpc) is 2.54. The normalized spacial score (nSPS) is 9.61. The molecule has 0 aliphatic carbocycles. The number of hydrogen-bond acceptors (Lipinski definition) is 4. The van der Waals surface area contributed by atoms with E-state index in [0.717, 1.165) is 11.1 Å². The van der Waals surface area contributed by atoms with Crippen LogP contribution in [0.3, 0.4) is 0 Å². The van der Waals surface area contributed by atoms with Crippen molar-refractivity contribution >= 4 is 11.9 Å². The van der Waals surface area contributed by atoms with E-state index >= 15 is 0 Å². The number of amides is 1. The number of aryl methyl sites for hydroxylation is 1. The number of ether oxygens (including phenoxy) is 1. The van der Waals surface area contributed by atoms with E-state index in [-0.39, 0.29) is 43.9 Å². The van der Waals surface area contributed by atoms with E-state index in [1.165, 1.54) is 6.20 Å². The molecule has 6 heteroatoms. The number of carbonyl (C=O) groups excluding carboxylic acids is 2. The van der Waals surface area contributed by atoms with E-state index in [2.05, 4.69) is 10.3 Å². The van der Waals surface area contributed by atoms with Gasteiger partial charge < -0.3 is 22.5 Å². The first kappa shape index (κ1) is 18.6. The van der Waals surface area contributed by atoms with Gasteiger partial charge in [0.2, 0.25) is 0 Å². The Labute approximate surface area is 141 Å². The quantitative estimate of drug-likeness (QED) is 0.539. The Morgan fingerprint density at radius 2 is 1.91 bits per heavy atom. The molecule has 0 saturated heterocycles. The smallest absolute Gasteiger partial charge is 0.310 e. The Bertz CT molecular complexity index is 630. The van der Waals surface area contributed by atoms with E-state index in [1.54, 1.807) is 18.3 Å². The van der Waals surface area contributed by atoms with E-state index in [9.17, 15) is 9.59 Å². The molecule has 2 aromatic rings. The highest BCUT2D eigenvalue weighted by Crippen LogP contribution is 2.04. The van der Waals surface area contributed by atoms with Gasteiger partial charge >= 0.3 is 5.97 Å². The van der Waals surface area contributed by atoms with Gasteiger partial charge in [0, 0.05) is 12.4 Å². The van der Waals surface area contributed by atoms with Crippen molar-refractivity contribution in [3.63, 3.8) is 0 Å². The van der Waals surface area contributed by atoms with Crippen molar-refractivity contribution in [1.82, 2.24) is 10.3 Å². The second-order valence-corrected chi connectivity index (χ2v) is 4.88. The molecule has 122 valence electrons. The van der Waals surface area contributed by atoms with Gasteiger partial charge in [0.05, 0.1) is 18.5 Å². The minimum absolute atomic E-state index is 0. The molecule has 0 aliphatic rings. The lowest BCUT2D eigenvalue weighted by molar-refractivity contribution is -0.142. The molecule has 0 radical (unpaired) electrons. The summed E-state index contributed by atoms with van der Waals surface area (Å²) in [6.45, 7) is 2.41. The Morgan fingerprint density at radius 3 is 2.57 bits per heavy atom. The fourth-order valence-electron chi connectivity index (χ4n) is 1.85. The summed E-state index contributed by atoms with van der Waals surface area (Å²) in [7, 11) is 0. The molecule has 23 heavy (non-hydrogen) atoms. The van der Waals surface area contributed by atoms with Crippen LogP contribution in [0.25, 0.3) is 0 Å². The van der Waals surface area contributed by atoms with Gasteiger partial charge in [0.25, 0.3) is 5.91 Å². The number of hydrogen-bond donors (Lipinski definition) is 1. The summed E-state index contributed by atoms with van der Waals surface area (Å²) in [5.74, 6) is -0.540. The highest BCUT2D eigenvalue weighted by atomic mass is 35.5. The lowest BCUT2D eigenvalue weighted by atomic mass is 10.1. The first-order valence-corrected chi connectivity index (χ1v) is 7.04. The molecule has 1 amide bonds. The fourth-order valence-corrected chi connectivity index (χ4v) is 1.85. The summed E-state index contributed by atoms with van der Waals surface area (Å²) in [6.07, 6.45) is 3.32.